The van der Waals surface area contributed by atoms with Crippen molar-refractivity contribution in [3.8, 4) is 30.0 Å². The number of benzene rings is 3. The van der Waals surface area contributed by atoms with Gasteiger partial charge in [-0.3, -0.25) is 26.1 Å². The van der Waals surface area contributed by atoms with E-state index in [1.807, 2.05) is 23.8 Å². The lowest BCUT2D eigenvalue weighted by Gasteiger charge is -2.17. The Bertz CT molecular complexity index is 4210. The van der Waals surface area contributed by atoms with Gasteiger partial charge in [-0.2, -0.15) is 25.8 Å². The average molecular weight is 1260 g/mol. The molecular weight excluding hydrogens is 1210 g/mol. The number of carbonyl (C=O) groups excluding carboxylic acids is 3. The molecule has 0 fully saturated rings. The number of aryl methyl sites for hydroxylation is 4. The van der Waals surface area contributed by atoms with Gasteiger partial charge in [0.05, 0.1) is 50.6 Å². The first-order valence-electron chi connectivity index (χ1n) is 24.3. The molecule has 0 spiro atoms. The number of carbonyl (C=O) groups is 3. The maximum Gasteiger partial charge on any atom is 0.333 e. The highest BCUT2D eigenvalue weighted by atomic mass is 35.5. The number of anilines is 3. The summed E-state index contributed by atoms with van der Waals surface area (Å²) in [6.07, 6.45) is 0.615. The summed E-state index contributed by atoms with van der Waals surface area (Å²) in [5.41, 5.74) is 2.37. The zero-order valence-electron chi connectivity index (χ0n) is 47.0. The first-order chi connectivity index (χ1) is 40.0. The van der Waals surface area contributed by atoms with Crippen molar-refractivity contribution in [1.29, 1.82) is 20.6 Å². The van der Waals surface area contributed by atoms with Crippen molar-refractivity contribution in [1.82, 2.24) is 33.4 Å². The Hall–Kier alpha value is -9.56. The van der Waals surface area contributed by atoms with Crippen molar-refractivity contribution >= 4 is 92.6 Å². The molecule has 3 atom stereocenters. The number of nitrogens with zero attached hydrogens (tertiary/aromatic N) is 10. The number of halogens is 1. The third-order valence-corrected chi connectivity index (χ3v) is 19.0. The van der Waals surface area contributed by atoms with E-state index in [-0.39, 0.29) is 77.1 Å². The summed E-state index contributed by atoms with van der Waals surface area (Å²) in [5, 5.41) is 46.5. The van der Waals surface area contributed by atoms with Gasteiger partial charge in [-0.05, 0) is 87.2 Å². The maximum absolute atomic E-state index is 13.2. The predicted molar refractivity (Wildman–Crippen MR) is 315 cm³/mol. The fraction of sp³-hybridized carbons (Fsp3) is 0.235. The van der Waals surface area contributed by atoms with E-state index in [1.54, 1.807) is 58.0 Å². The molecule has 0 aliphatic rings. The Balaban J connectivity index is 0.000000274. The van der Waals surface area contributed by atoms with Gasteiger partial charge < -0.3 is 9.47 Å². The number of nitrogens with one attached hydrogen (secondary N) is 7. The number of amides is 6. The maximum atomic E-state index is 13.2. The number of nitriles is 3. The van der Waals surface area contributed by atoms with Gasteiger partial charge in [0.2, 0.25) is 21.8 Å². The molecule has 6 amide bonds. The van der Waals surface area contributed by atoms with Crippen LogP contribution in [-0.2, 0) is 46.2 Å². The van der Waals surface area contributed by atoms with Crippen LogP contribution >= 0.6 is 11.6 Å². The number of para-hydroxylation sites is 1. The van der Waals surface area contributed by atoms with Gasteiger partial charge in [-0.15, -0.1) is 0 Å². The monoisotopic (exact) mass is 1260 g/mol. The topological polar surface area (TPSA) is 432 Å². The number of aromatic nitrogens is 3. The van der Waals surface area contributed by atoms with Crippen molar-refractivity contribution in [2.45, 2.75) is 60.6 Å². The largest absolute Gasteiger partial charge is 0.481 e. The van der Waals surface area contributed by atoms with E-state index in [0.29, 0.717) is 23.2 Å². The minimum atomic E-state index is -4.08. The Morgan fingerprint density at radius 3 is 1.54 bits per heavy atom. The minimum absolute atomic E-state index is 0.0537. The Labute approximate surface area is 496 Å². The molecule has 0 bridgehead atoms. The molecule has 3 aromatic carbocycles. The van der Waals surface area contributed by atoms with Crippen molar-refractivity contribution in [3.05, 3.63) is 145 Å². The molecule has 0 saturated heterocycles. The van der Waals surface area contributed by atoms with Crippen molar-refractivity contribution in [3.63, 3.8) is 0 Å². The summed E-state index contributed by atoms with van der Waals surface area (Å²) in [6.45, 7) is 8.84. The summed E-state index contributed by atoms with van der Waals surface area (Å²) < 4.78 is 97.4. The normalized spacial score (nSPS) is 12.7. The lowest BCUT2D eigenvalue weighted by molar-refractivity contribution is -0.387. The number of rotatable bonds is 16. The van der Waals surface area contributed by atoms with Gasteiger partial charge >= 0.3 is 18.1 Å². The van der Waals surface area contributed by atoms with Crippen LogP contribution in [0, 0.1) is 69.7 Å². The first kappa shape index (κ1) is 67.9. The molecular formula is C51H56ClN17O12S4. The third kappa shape index (κ3) is 17.0. The van der Waals surface area contributed by atoms with E-state index in [4.69, 9.17) is 25.9 Å². The molecule has 85 heavy (non-hydrogen) atoms. The molecule has 0 saturated carbocycles. The van der Waals surface area contributed by atoms with Crippen LogP contribution in [0.25, 0.3) is 0 Å². The van der Waals surface area contributed by atoms with Crippen molar-refractivity contribution < 1.29 is 49.8 Å². The van der Waals surface area contributed by atoms with Crippen LogP contribution in [0.1, 0.15) is 52.9 Å². The molecule has 7 N–H and O–H groups in total. The predicted octanol–water partition coefficient (Wildman–Crippen LogP) is 8.10. The van der Waals surface area contributed by atoms with Crippen LogP contribution in [0.3, 0.4) is 0 Å². The second-order valence-electron chi connectivity index (χ2n) is 17.0. The molecule has 448 valence electrons. The van der Waals surface area contributed by atoms with Crippen molar-refractivity contribution in [2.75, 3.05) is 57.9 Å². The lowest BCUT2D eigenvalue weighted by atomic mass is 10.1. The van der Waals surface area contributed by atoms with E-state index in [0.717, 1.165) is 23.0 Å². The quantitative estimate of drug-likeness (QED) is 0.0355. The number of nitro groups is 1. The fourth-order valence-electron chi connectivity index (χ4n) is 7.17. The zero-order valence-corrected chi connectivity index (χ0v) is 51.0. The van der Waals surface area contributed by atoms with Crippen LogP contribution in [-0.4, -0.2) is 105 Å². The minimum Gasteiger partial charge on any atom is -0.481 e. The summed E-state index contributed by atoms with van der Waals surface area (Å²) in [5.74, 6) is 0.139. The molecule has 34 heteroatoms. The third-order valence-electron chi connectivity index (χ3n) is 11.1. The van der Waals surface area contributed by atoms with E-state index in [1.165, 1.54) is 82.9 Å². The number of hydrogen-bond acceptors (Lipinski definition) is 21. The molecule has 3 aromatic heterocycles. The van der Waals surface area contributed by atoms with E-state index >= 15 is 0 Å². The highest BCUT2D eigenvalue weighted by Gasteiger charge is 2.29. The van der Waals surface area contributed by atoms with Crippen LogP contribution in [0.15, 0.2) is 119 Å². The van der Waals surface area contributed by atoms with Crippen LogP contribution in [0.4, 0.5) is 37.5 Å². The fourth-order valence-corrected chi connectivity index (χ4v) is 13.3. The number of sulfonamides is 1. The van der Waals surface area contributed by atoms with Gasteiger partial charge in [0, 0.05) is 51.6 Å². The number of urea groups is 3. The number of nitro benzene ring substituents is 1. The molecule has 0 aliphatic carbocycles. The lowest BCUT2D eigenvalue weighted by Crippen LogP contribution is -2.35. The SMILES string of the molecule is CCN=S(=O)(NC(=O)Nc1nc(C)cc(CC)c1C#N)c1ccccc1Cl.CN=S(=O)(NC(=O)Nc1nc(OC)cc(C)c1C#N)c1ccccc1[N+](=O)[O-].COc1cc(C)c(C#N)c(NC(=O)NS(=N)(=O)c2ccccc2S(=O)(=O)N(C)C)n1. The smallest absolute Gasteiger partial charge is 0.333 e. The van der Waals surface area contributed by atoms with Gasteiger partial charge in [-0.1, -0.05) is 54.9 Å². The second kappa shape index (κ2) is 29.6. The Morgan fingerprint density at radius 1 is 0.671 bits per heavy atom. The molecule has 0 radical (unpaired) electrons. The van der Waals surface area contributed by atoms with Crippen LogP contribution in [0.2, 0.25) is 5.02 Å². The van der Waals surface area contributed by atoms with Crippen LogP contribution < -0.4 is 39.6 Å². The number of hydrogen-bond donors (Lipinski definition) is 7. The standard InChI is InChI=1S/C18H20ClN5O2S.C17H20N6O5S2.C16H16N6O5S/c1-4-13-10-12(3)22-17(14(13)11-20)23-18(25)24-27(26,21-5-2)16-9-7-6-8-15(16)19;1-11-9-15(28-4)20-16(12(11)10-18)21-17(24)22-29(19,25)13-7-5-6-8-14(13)30(26,27)23(2)3;1-10-8-14(27-3)19-15(11(10)9-17)20-16(23)21-28(26,18-2)13-7-5-4-6-12(13)22(24)25/h6-10H,4-5H2,1-3H3,(H2,21,22,23,24,25,26);5-9H,1-4H3,(H3,19,20,21,22,24,25);4-8H,1-3H3,(H2,18,19,20,21,23,26). The molecule has 29 nitrogen and oxygen atoms in total. The summed E-state index contributed by atoms with van der Waals surface area (Å²) >= 11 is 6.13. The molecule has 3 heterocycles. The van der Waals surface area contributed by atoms with E-state index < -0.39 is 68.5 Å². The van der Waals surface area contributed by atoms with Gasteiger partial charge in [-0.25, -0.2) is 72.4 Å². The molecule has 6 rings (SSSR count). The van der Waals surface area contributed by atoms with E-state index in [2.05, 4.69) is 55.1 Å². The number of methoxy groups -OCH3 is 2. The average Bonchev–Trinajstić information content (AvgIpc) is 3.40. The summed E-state index contributed by atoms with van der Waals surface area (Å²) in [7, 11) is -8.59. The molecule has 3 unspecified atom stereocenters. The van der Waals surface area contributed by atoms with Crippen LogP contribution in [0.5, 0.6) is 11.8 Å². The first-order valence-corrected chi connectivity index (χ1v) is 30.7. The van der Waals surface area contributed by atoms with E-state index in [9.17, 15) is 61.3 Å². The zero-order chi connectivity index (χ0) is 63.6. The van der Waals surface area contributed by atoms with Gasteiger partial charge in [0.1, 0.15) is 28.0 Å². The molecule has 6 aromatic rings. The molecule has 0 aliphatic heterocycles. The highest BCUT2D eigenvalue weighted by Crippen LogP contribution is 2.28. The number of ether oxygens (including phenoxy) is 2. The van der Waals surface area contributed by atoms with Gasteiger partial charge in [0.15, 0.2) is 47.2 Å². The second-order valence-corrected chi connectivity index (χ2v) is 25.3. The Kier molecular flexibility index (Phi) is 23.7. The number of pyridine rings is 3. The summed E-state index contributed by atoms with van der Waals surface area (Å²) in [6, 6.07) is 24.7. The van der Waals surface area contributed by atoms with Crippen molar-refractivity contribution in [2.24, 2.45) is 8.73 Å². The Morgan fingerprint density at radius 2 is 1.11 bits per heavy atom. The highest BCUT2D eigenvalue weighted by molar-refractivity contribution is 7.93. The van der Waals surface area contributed by atoms with Gasteiger partial charge in [0.25, 0.3) is 5.69 Å². The summed E-state index contributed by atoms with van der Waals surface area (Å²) in [4.78, 5) is 59.2.